The number of hydrogen-bond acceptors (Lipinski definition) is 7. The summed E-state index contributed by atoms with van der Waals surface area (Å²) in [6.07, 6.45) is 1.30. The first kappa shape index (κ1) is 19.9. The lowest BCUT2D eigenvalue weighted by Crippen LogP contribution is -2.54. The number of carbonyl (C=O) groups excluding carboxylic acids is 1. The molecule has 0 radical (unpaired) electrons. The quantitative estimate of drug-likeness (QED) is 0.596. The average molecular weight is 463 g/mol. The molecule has 1 amide bonds. The number of sulfonamides is 1. The molecule has 1 aromatic carbocycles. The molecule has 158 valence electrons. The maximum absolute atomic E-state index is 13.2. The fourth-order valence-corrected chi connectivity index (χ4v) is 7.91. The number of nitrogens with zero attached hydrogens (tertiary/aromatic N) is 4. The molecule has 2 aliphatic heterocycles. The minimum atomic E-state index is -3.61. The van der Waals surface area contributed by atoms with Gasteiger partial charge < -0.3 is 9.80 Å². The summed E-state index contributed by atoms with van der Waals surface area (Å²) in [5.74, 6) is -0.0726. The average Bonchev–Trinajstić information content (AvgIpc) is 3.53. The number of benzene rings is 1. The van der Waals surface area contributed by atoms with Crippen molar-refractivity contribution >= 4 is 54.0 Å². The first-order chi connectivity index (χ1) is 14.5. The Hall–Kier alpha value is -2.01. The van der Waals surface area contributed by atoms with Crippen LogP contribution in [0.2, 0.25) is 0 Å². The number of carbonyl (C=O) groups is 1. The van der Waals surface area contributed by atoms with Crippen molar-refractivity contribution in [3.8, 4) is 0 Å². The van der Waals surface area contributed by atoms with Gasteiger partial charge in [0.2, 0.25) is 5.91 Å². The summed E-state index contributed by atoms with van der Waals surface area (Å²) in [5, 5.41) is 2.73. The number of hydrogen-bond donors (Lipinski definition) is 0. The molecule has 5 rings (SSSR count). The Kier molecular flexibility index (Phi) is 5.26. The predicted molar refractivity (Wildman–Crippen MR) is 120 cm³/mol. The predicted octanol–water partition coefficient (Wildman–Crippen LogP) is 2.86. The number of amides is 1. The SMILES string of the molecule is O=C(C1CCCN1S(=O)(=O)c1cccs1)N1CCN(c2nc3ccccc3s2)CC1. The number of fused-ring (bicyclic) bond motifs is 1. The van der Waals surface area contributed by atoms with Crippen molar-refractivity contribution in [3.05, 3.63) is 41.8 Å². The van der Waals surface area contributed by atoms with Gasteiger partial charge in [-0.05, 0) is 36.4 Å². The summed E-state index contributed by atoms with van der Waals surface area (Å²) in [6, 6.07) is 10.8. The van der Waals surface area contributed by atoms with Crippen LogP contribution in [0.3, 0.4) is 0 Å². The van der Waals surface area contributed by atoms with Crippen molar-refractivity contribution in [2.75, 3.05) is 37.6 Å². The van der Waals surface area contributed by atoms with Gasteiger partial charge in [0.1, 0.15) is 10.3 Å². The summed E-state index contributed by atoms with van der Waals surface area (Å²) >= 11 is 2.86. The standard InChI is InChI=1S/C20H22N4O3S3/c25-19(16-6-3-9-24(16)30(26,27)18-8-4-14-28-18)22-10-12-23(13-11-22)20-21-15-5-1-2-7-17(15)29-20/h1-2,4-5,7-8,14,16H,3,6,9-13H2. The molecule has 1 atom stereocenters. The Morgan fingerprint density at radius 3 is 2.57 bits per heavy atom. The highest BCUT2D eigenvalue weighted by atomic mass is 32.2. The molecule has 2 fully saturated rings. The molecule has 0 bridgehead atoms. The Morgan fingerprint density at radius 1 is 1.03 bits per heavy atom. The summed E-state index contributed by atoms with van der Waals surface area (Å²) in [6.45, 7) is 2.98. The molecule has 0 aliphatic carbocycles. The number of thiophene rings is 1. The van der Waals surface area contributed by atoms with Crippen LogP contribution in [0.1, 0.15) is 12.8 Å². The third-order valence-corrected chi connectivity index (χ3v) is 10.1. The zero-order valence-corrected chi connectivity index (χ0v) is 18.8. The van der Waals surface area contributed by atoms with Gasteiger partial charge in [0.15, 0.2) is 5.13 Å². The Morgan fingerprint density at radius 2 is 1.83 bits per heavy atom. The molecule has 7 nitrogen and oxygen atoms in total. The van der Waals surface area contributed by atoms with E-state index in [2.05, 4.69) is 11.0 Å². The second-order valence-corrected chi connectivity index (χ2v) is 11.6. The van der Waals surface area contributed by atoms with E-state index in [0.717, 1.165) is 15.3 Å². The van der Waals surface area contributed by atoms with Gasteiger partial charge in [-0.15, -0.1) is 11.3 Å². The Labute approximate surface area is 183 Å². The first-order valence-corrected chi connectivity index (χ1v) is 13.1. The molecule has 2 saturated heterocycles. The molecule has 30 heavy (non-hydrogen) atoms. The van der Waals surface area contributed by atoms with Crippen LogP contribution in [0.4, 0.5) is 5.13 Å². The largest absolute Gasteiger partial charge is 0.345 e. The van der Waals surface area contributed by atoms with Crippen LogP contribution in [0.25, 0.3) is 10.2 Å². The third-order valence-electron chi connectivity index (χ3n) is 5.69. The van der Waals surface area contributed by atoms with E-state index in [1.165, 1.54) is 15.6 Å². The summed E-state index contributed by atoms with van der Waals surface area (Å²) in [5.41, 5.74) is 0.997. The van der Waals surface area contributed by atoms with Crippen molar-refractivity contribution in [2.24, 2.45) is 0 Å². The van der Waals surface area contributed by atoms with Gasteiger partial charge in [-0.1, -0.05) is 29.5 Å². The molecule has 2 aromatic heterocycles. The van der Waals surface area contributed by atoms with Crippen molar-refractivity contribution in [3.63, 3.8) is 0 Å². The van der Waals surface area contributed by atoms with Crippen LogP contribution < -0.4 is 4.90 Å². The Bertz CT molecular complexity index is 1120. The lowest BCUT2D eigenvalue weighted by molar-refractivity contribution is -0.134. The van der Waals surface area contributed by atoms with E-state index in [1.54, 1.807) is 28.8 Å². The minimum Gasteiger partial charge on any atom is -0.345 e. The minimum absolute atomic E-state index is 0.0726. The molecule has 0 saturated carbocycles. The van der Waals surface area contributed by atoms with E-state index in [1.807, 2.05) is 23.1 Å². The molecule has 0 spiro atoms. The van der Waals surface area contributed by atoms with Gasteiger partial charge in [-0.3, -0.25) is 4.79 Å². The summed E-state index contributed by atoms with van der Waals surface area (Å²) in [7, 11) is -3.61. The number of anilines is 1. The van der Waals surface area contributed by atoms with Gasteiger partial charge in [-0.2, -0.15) is 4.31 Å². The maximum Gasteiger partial charge on any atom is 0.253 e. The maximum atomic E-state index is 13.2. The van der Waals surface area contributed by atoms with Crippen molar-refractivity contribution in [1.82, 2.24) is 14.2 Å². The topological polar surface area (TPSA) is 73.8 Å². The zero-order valence-electron chi connectivity index (χ0n) is 16.3. The van der Waals surface area contributed by atoms with Crippen LogP contribution in [-0.2, 0) is 14.8 Å². The lowest BCUT2D eigenvalue weighted by Gasteiger charge is -2.37. The van der Waals surface area contributed by atoms with Crippen LogP contribution in [0.15, 0.2) is 46.0 Å². The summed E-state index contributed by atoms with van der Waals surface area (Å²) < 4.78 is 28.8. The number of rotatable bonds is 4. The van der Waals surface area contributed by atoms with E-state index in [-0.39, 0.29) is 5.91 Å². The second kappa shape index (κ2) is 7.92. The number of aromatic nitrogens is 1. The molecule has 10 heteroatoms. The van der Waals surface area contributed by atoms with Crippen LogP contribution in [-0.4, -0.2) is 67.3 Å². The molecular formula is C20H22N4O3S3. The normalized spacial score (nSPS) is 20.9. The van der Waals surface area contributed by atoms with Gasteiger partial charge in [0.25, 0.3) is 10.0 Å². The molecule has 3 aromatic rings. The second-order valence-electron chi connectivity index (χ2n) is 7.48. The van der Waals surface area contributed by atoms with E-state index >= 15 is 0 Å². The van der Waals surface area contributed by atoms with Crippen LogP contribution in [0.5, 0.6) is 0 Å². The fraction of sp³-hybridized carbons (Fsp3) is 0.400. The van der Waals surface area contributed by atoms with Gasteiger partial charge >= 0.3 is 0 Å². The van der Waals surface area contributed by atoms with Crippen LogP contribution in [0, 0.1) is 0 Å². The molecule has 1 unspecified atom stereocenters. The van der Waals surface area contributed by atoms with Gasteiger partial charge in [0, 0.05) is 32.7 Å². The van der Waals surface area contributed by atoms with E-state index in [9.17, 15) is 13.2 Å². The highest BCUT2D eigenvalue weighted by Crippen LogP contribution is 2.31. The molecular weight excluding hydrogens is 440 g/mol. The zero-order chi connectivity index (χ0) is 20.7. The lowest BCUT2D eigenvalue weighted by atomic mass is 10.2. The van der Waals surface area contributed by atoms with Crippen molar-refractivity contribution in [2.45, 2.75) is 23.1 Å². The first-order valence-electron chi connectivity index (χ1n) is 9.99. The third kappa shape index (κ3) is 3.51. The van der Waals surface area contributed by atoms with E-state index in [0.29, 0.717) is 49.8 Å². The van der Waals surface area contributed by atoms with Gasteiger partial charge in [0.05, 0.1) is 10.2 Å². The number of para-hydroxylation sites is 1. The van der Waals surface area contributed by atoms with E-state index in [4.69, 9.17) is 4.98 Å². The van der Waals surface area contributed by atoms with Gasteiger partial charge in [-0.25, -0.2) is 13.4 Å². The molecule has 2 aliphatic rings. The highest BCUT2D eigenvalue weighted by Gasteiger charge is 2.42. The number of piperazine rings is 1. The smallest absolute Gasteiger partial charge is 0.253 e. The van der Waals surface area contributed by atoms with E-state index < -0.39 is 16.1 Å². The monoisotopic (exact) mass is 462 g/mol. The Balaban J connectivity index is 1.27. The fourth-order valence-electron chi connectivity index (χ4n) is 4.12. The highest BCUT2D eigenvalue weighted by molar-refractivity contribution is 7.91. The molecule has 4 heterocycles. The van der Waals surface area contributed by atoms with Crippen molar-refractivity contribution in [1.29, 1.82) is 0 Å². The molecule has 0 N–H and O–H groups in total. The summed E-state index contributed by atoms with van der Waals surface area (Å²) in [4.78, 5) is 21.9. The van der Waals surface area contributed by atoms with Crippen LogP contribution >= 0.6 is 22.7 Å². The number of thiazole rings is 1. The van der Waals surface area contributed by atoms with Crippen molar-refractivity contribution < 1.29 is 13.2 Å².